The summed E-state index contributed by atoms with van der Waals surface area (Å²) in [4.78, 5) is 17.6. The Morgan fingerprint density at radius 2 is 2.10 bits per heavy atom. The summed E-state index contributed by atoms with van der Waals surface area (Å²) in [5.74, 6) is 0.656. The number of carbonyl (C=O) groups excluding carboxylic acids is 1. The van der Waals surface area contributed by atoms with Crippen LogP contribution in [-0.4, -0.2) is 33.5 Å². The van der Waals surface area contributed by atoms with Gasteiger partial charge in [-0.15, -0.1) is 0 Å². The zero-order valence-electron chi connectivity index (χ0n) is 13.0. The van der Waals surface area contributed by atoms with Crippen molar-refractivity contribution in [3.63, 3.8) is 0 Å². The van der Waals surface area contributed by atoms with Crippen molar-refractivity contribution in [1.82, 2.24) is 14.8 Å². The van der Waals surface area contributed by atoms with Gasteiger partial charge < -0.3 is 4.74 Å². The summed E-state index contributed by atoms with van der Waals surface area (Å²) in [5.41, 5.74) is 1.13. The van der Waals surface area contributed by atoms with E-state index in [1.54, 1.807) is 31.2 Å². The Bertz CT molecular complexity index is 629. The van der Waals surface area contributed by atoms with Gasteiger partial charge in [-0.25, -0.2) is 4.79 Å². The summed E-state index contributed by atoms with van der Waals surface area (Å²) >= 11 is 0. The first-order chi connectivity index (χ1) is 9.78. The van der Waals surface area contributed by atoms with E-state index in [2.05, 4.69) is 10.1 Å². The van der Waals surface area contributed by atoms with Gasteiger partial charge in [0.05, 0.1) is 5.69 Å². The number of anilines is 1. The molecular formula is C15H20N4O2. The highest BCUT2D eigenvalue weighted by molar-refractivity contribution is 5.87. The third kappa shape index (κ3) is 3.59. The van der Waals surface area contributed by atoms with E-state index in [0.29, 0.717) is 5.82 Å². The first-order valence-electron chi connectivity index (χ1n) is 6.69. The number of aryl methyl sites for hydroxylation is 1. The normalized spacial score (nSPS) is 11.3. The largest absolute Gasteiger partial charge is 0.443 e. The Kier molecular flexibility index (Phi) is 3.97. The van der Waals surface area contributed by atoms with Crippen molar-refractivity contribution in [3.8, 4) is 11.3 Å². The highest BCUT2D eigenvalue weighted by atomic mass is 16.6. The highest BCUT2D eigenvalue weighted by Gasteiger charge is 2.23. The zero-order chi connectivity index (χ0) is 15.6. The second-order valence-corrected chi connectivity index (χ2v) is 5.79. The van der Waals surface area contributed by atoms with Gasteiger partial charge in [0.25, 0.3) is 0 Å². The smallest absolute Gasteiger partial charge is 0.415 e. The van der Waals surface area contributed by atoms with Crippen molar-refractivity contribution in [3.05, 3.63) is 30.6 Å². The molecule has 6 heteroatoms. The van der Waals surface area contributed by atoms with Gasteiger partial charge in [-0.2, -0.15) is 5.10 Å². The molecule has 0 radical (unpaired) electrons. The molecule has 0 unspecified atom stereocenters. The fourth-order valence-corrected chi connectivity index (χ4v) is 1.85. The average Bonchev–Trinajstić information content (AvgIpc) is 2.79. The molecule has 112 valence electrons. The number of pyridine rings is 1. The zero-order valence-corrected chi connectivity index (χ0v) is 13.0. The Balaban J connectivity index is 2.25. The van der Waals surface area contributed by atoms with E-state index in [1.165, 1.54) is 4.90 Å². The number of aromatic nitrogens is 3. The maximum absolute atomic E-state index is 12.1. The maximum Gasteiger partial charge on any atom is 0.415 e. The van der Waals surface area contributed by atoms with Crippen molar-refractivity contribution in [2.45, 2.75) is 26.4 Å². The molecule has 0 aliphatic rings. The fraction of sp³-hybridized carbons (Fsp3) is 0.400. The van der Waals surface area contributed by atoms with Crippen LogP contribution >= 0.6 is 0 Å². The van der Waals surface area contributed by atoms with Gasteiger partial charge in [-0.05, 0) is 32.9 Å². The van der Waals surface area contributed by atoms with Crippen molar-refractivity contribution in [2.75, 3.05) is 11.9 Å². The Morgan fingerprint density at radius 1 is 1.38 bits per heavy atom. The number of amides is 1. The first kappa shape index (κ1) is 15.0. The van der Waals surface area contributed by atoms with Crippen molar-refractivity contribution in [2.24, 2.45) is 7.05 Å². The Hall–Kier alpha value is -2.37. The molecule has 0 aliphatic heterocycles. The Morgan fingerprint density at radius 3 is 2.67 bits per heavy atom. The molecule has 0 bridgehead atoms. The molecule has 0 aromatic carbocycles. The van der Waals surface area contributed by atoms with E-state index in [0.717, 1.165) is 11.3 Å². The topological polar surface area (TPSA) is 60.3 Å². The number of hydrogen-bond acceptors (Lipinski definition) is 4. The molecule has 0 aliphatic carbocycles. The third-order valence-corrected chi connectivity index (χ3v) is 2.82. The van der Waals surface area contributed by atoms with Crippen LogP contribution in [0.3, 0.4) is 0 Å². The molecule has 6 nitrogen and oxygen atoms in total. The van der Waals surface area contributed by atoms with Crippen LogP contribution in [0.4, 0.5) is 10.6 Å². The molecular weight excluding hydrogens is 268 g/mol. The predicted molar refractivity (Wildman–Crippen MR) is 81.1 cm³/mol. The minimum atomic E-state index is -0.532. The highest BCUT2D eigenvalue weighted by Crippen LogP contribution is 2.23. The summed E-state index contributed by atoms with van der Waals surface area (Å²) < 4.78 is 7.00. The molecule has 21 heavy (non-hydrogen) atoms. The van der Waals surface area contributed by atoms with Crippen LogP contribution in [0.1, 0.15) is 20.8 Å². The van der Waals surface area contributed by atoms with Crippen LogP contribution in [-0.2, 0) is 11.8 Å². The third-order valence-electron chi connectivity index (χ3n) is 2.82. The van der Waals surface area contributed by atoms with E-state index >= 15 is 0 Å². The van der Waals surface area contributed by atoms with Crippen LogP contribution < -0.4 is 4.90 Å². The number of carbonyl (C=O) groups is 1. The van der Waals surface area contributed by atoms with Gasteiger partial charge >= 0.3 is 6.09 Å². The molecule has 0 saturated heterocycles. The van der Waals surface area contributed by atoms with Crippen molar-refractivity contribution < 1.29 is 9.53 Å². The first-order valence-corrected chi connectivity index (χ1v) is 6.69. The molecule has 1 amide bonds. The summed E-state index contributed by atoms with van der Waals surface area (Å²) in [6, 6.07) is 5.61. The number of ether oxygens (including phenoxy) is 1. The van der Waals surface area contributed by atoms with Crippen LogP contribution in [0, 0.1) is 0 Å². The predicted octanol–water partition coefficient (Wildman–Crippen LogP) is 2.85. The van der Waals surface area contributed by atoms with E-state index in [-0.39, 0.29) is 0 Å². The molecule has 2 aromatic heterocycles. The quantitative estimate of drug-likeness (QED) is 0.852. The van der Waals surface area contributed by atoms with Gasteiger partial charge in [-0.1, -0.05) is 0 Å². The molecule has 2 heterocycles. The van der Waals surface area contributed by atoms with Crippen LogP contribution in [0.25, 0.3) is 11.3 Å². The number of rotatable bonds is 2. The molecule has 0 fully saturated rings. The minimum Gasteiger partial charge on any atom is -0.443 e. The van der Waals surface area contributed by atoms with Gasteiger partial charge in [0.15, 0.2) is 0 Å². The monoisotopic (exact) mass is 288 g/mol. The maximum atomic E-state index is 12.1. The lowest BCUT2D eigenvalue weighted by atomic mass is 10.2. The lowest BCUT2D eigenvalue weighted by Crippen LogP contribution is -2.35. The molecule has 0 N–H and O–H groups in total. The minimum absolute atomic E-state index is 0.414. The van der Waals surface area contributed by atoms with Crippen LogP contribution in [0.15, 0.2) is 30.6 Å². The van der Waals surface area contributed by atoms with Gasteiger partial charge in [0, 0.05) is 38.1 Å². The molecule has 0 saturated carbocycles. The van der Waals surface area contributed by atoms with E-state index in [1.807, 2.05) is 39.0 Å². The summed E-state index contributed by atoms with van der Waals surface area (Å²) in [6.45, 7) is 5.51. The SMILES string of the molecule is CN(C(=O)OC(C)(C)C)c1cc(-c2cccnc2)nn1C. The van der Waals surface area contributed by atoms with Crippen LogP contribution in [0.2, 0.25) is 0 Å². The summed E-state index contributed by atoms with van der Waals surface area (Å²) in [6.07, 6.45) is 3.03. The fourth-order valence-electron chi connectivity index (χ4n) is 1.85. The lowest BCUT2D eigenvalue weighted by Gasteiger charge is -2.24. The standard InChI is InChI=1S/C15H20N4O2/c1-15(2,3)21-14(20)18(4)13-9-12(17-19(13)5)11-7-6-8-16-10-11/h6-10H,1-5H3. The second-order valence-electron chi connectivity index (χ2n) is 5.79. The van der Waals surface area contributed by atoms with E-state index < -0.39 is 11.7 Å². The molecule has 2 rings (SSSR count). The number of nitrogens with zero attached hydrogens (tertiary/aromatic N) is 4. The van der Waals surface area contributed by atoms with Gasteiger partial charge in [0.1, 0.15) is 11.4 Å². The lowest BCUT2D eigenvalue weighted by molar-refractivity contribution is 0.0587. The summed E-state index contributed by atoms with van der Waals surface area (Å²) in [5, 5.41) is 4.41. The second kappa shape index (κ2) is 5.55. The number of hydrogen-bond donors (Lipinski definition) is 0. The molecule has 2 aromatic rings. The van der Waals surface area contributed by atoms with Crippen LogP contribution in [0.5, 0.6) is 0 Å². The average molecular weight is 288 g/mol. The molecule has 0 atom stereocenters. The van der Waals surface area contributed by atoms with Crippen molar-refractivity contribution in [1.29, 1.82) is 0 Å². The van der Waals surface area contributed by atoms with E-state index in [4.69, 9.17) is 4.74 Å². The van der Waals surface area contributed by atoms with Gasteiger partial charge in [-0.3, -0.25) is 14.6 Å². The van der Waals surface area contributed by atoms with E-state index in [9.17, 15) is 4.79 Å². The molecule has 0 spiro atoms. The Labute approximate surface area is 124 Å². The van der Waals surface area contributed by atoms with Crippen molar-refractivity contribution >= 4 is 11.9 Å². The van der Waals surface area contributed by atoms with Gasteiger partial charge in [0.2, 0.25) is 0 Å². The summed E-state index contributed by atoms with van der Waals surface area (Å²) in [7, 11) is 3.45.